The number of aliphatic imine (C=N–C) groups is 1. The van der Waals surface area contributed by atoms with E-state index in [1.807, 2.05) is 18.2 Å². The molecule has 0 saturated carbocycles. The molecule has 0 spiro atoms. The van der Waals surface area contributed by atoms with Crippen LogP contribution in [0.3, 0.4) is 0 Å². The lowest BCUT2D eigenvalue weighted by molar-refractivity contribution is -0.00834. The topological polar surface area (TPSA) is 62.0 Å². The highest BCUT2D eigenvalue weighted by Gasteiger charge is 2.28. The number of guanidine groups is 1. The van der Waals surface area contributed by atoms with Crippen molar-refractivity contribution >= 4 is 16.9 Å². The Kier molecular flexibility index (Phi) is 5.60. The molecule has 1 aromatic heterocycles. The fourth-order valence-corrected chi connectivity index (χ4v) is 3.10. The molecule has 0 bridgehead atoms. The molecule has 0 aliphatic carbocycles. The predicted octanol–water partition coefficient (Wildman–Crippen LogP) is 2.21. The van der Waals surface area contributed by atoms with Gasteiger partial charge in [0.1, 0.15) is 11.3 Å². The largest absolute Gasteiger partial charge is 0.459 e. The number of nitrogens with one attached hydrogen (secondary N) is 2. The van der Waals surface area contributed by atoms with Crippen molar-refractivity contribution in [3.05, 3.63) is 36.1 Å². The summed E-state index contributed by atoms with van der Waals surface area (Å²) in [7, 11) is 1.79. The molecular weight excluding hydrogens is 316 g/mol. The normalized spacial score (nSPS) is 17.0. The smallest absolute Gasteiger partial charge is 0.191 e. The lowest BCUT2D eigenvalue weighted by Gasteiger charge is -2.41. The number of ether oxygens (including phenoxy) is 1. The first-order valence-electron chi connectivity index (χ1n) is 8.83. The summed E-state index contributed by atoms with van der Waals surface area (Å²) in [4.78, 5) is 6.77. The average Bonchev–Trinajstić information content (AvgIpc) is 3.05. The summed E-state index contributed by atoms with van der Waals surface area (Å²) in [6.07, 6.45) is 0. The molecule has 1 aromatic carbocycles. The summed E-state index contributed by atoms with van der Waals surface area (Å²) in [5, 5.41) is 7.87. The van der Waals surface area contributed by atoms with E-state index in [0.29, 0.717) is 6.54 Å². The highest BCUT2D eigenvalue weighted by atomic mass is 16.5. The Labute approximate surface area is 149 Å². The van der Waals surface area contributed by atoms with E-state index < -0.39 is 0 Å². The van der Waals surface area contributed by atoms with Gasteiger partial charge >= 0.3 is 0 Å². The molecule has 136 valence electrons. The minimum Gasteiger partial charge on any atom is -0.459 e. The standard InChI is InChI=1S/C19H28N4O2/c1-19(2,23-8-10-24-11-9-23)14-22-18(20-3)21-13-16-12-15-6-4-5-7-17(15)25-16/h4-7,12H,8-11,13-14H2,1-3H3,(H2,20,21,22). The van der Waals surface area contributed by atoms with E-state index in [1.165, 1.54) is 0 Å². The second-order valence-electron chi connectivity index (χ2n) is 6.94. The Hall–Kier alpha value is -2.05. The maximum atomic E-state index is 5.84. The van der Waals surface area contributed by atoms with Gasteiger partial charge in [-0.15, -0.1) is 0 Å². The van der Waals surface area contributed by atoms with Gasteiger partial charge in [0.25, 0.3) is 0 Å². The van der Waals surface area contributed by atoms with Crippen molar-refractivity contribution in [1.82, 2.24) is 15.5 Å². The summed E-state index contributed by atoms with van der Waals surface area (Å²) in [6.45, 7) is 9.47. The van der Waals surface area contributed by atoms with Gasteiger partial charge in [-0.25, -0.2) is 0 Å². The van der Waals surface area contributed by atoms with Gasteiger partial charge < -0.3 is 19.8 Å². The zero-order valence-electron chi connectivity index (χ0n) is 15.3. The predicted molar refractivity (Wildman–Crippen MR) is 101 cm³/mol. The fourth-order valence-electron chi connectivity index (χ4n) is 3.10. The molecule has 25 heavy (non-hydrogen) atoms. The Balaban J connectivity index is 1.52. The summed E-state index contributed by atoms with van der Waals surface area (Å²) in [6, 6.07) is 10.1. The quantitative estimate of drug-likeness (QED) is 0.643. The molecule has 0 atom stereocenters. The highest BCUT2D eigenvalue weighted by molar-refractivity contribution is 5.80. The van der Waals surface area contributed by atoms with Crippen LogP contribution >= 0.6 is 0 Å². The van der Waals surface area contributed by atoms with E-state index in [0.717, 1.165) is 55.5 Å². The highest BCUT2D eigenvalue weighted by Crippen LogP contribution is 2.18. The number of para-hydroxylation sites is 1. The van der Waals surface area contributed by atoms with Crippen molar-refractivity contribution in [1.29, 1.82) is 0 Å². The maximum absolute atomic E-state index is 5.84. The number of rotatable bonds is 5. The van der Waals surface area contributed by atoms with Crippen LogP contribution in [-0.2, 0) is 11.3 Å². The van der Waals surface area contributed by atoms with Crippen molar-refractivity contribution < 1.29 is 9.15 Å². The van der Waals surface area contributed by atoms with Crippen LogP contribution < -0.4 is 10.6 Å². The lowest BCUT2D eigenvalue weighted by Crippen LogP contribution is -2.56. The van der Waals surface area contributed by atoms with Crippen molar-refractivity contribution in [3.63, 3.8) is 0 Å². The summed E-state index contributed by atoms with van der Waals surface area (Å²) in [5.41, 5.74) is 0.955. The fraction of sp³-hybridized carbons (Fsp3) is 0.526. The lowest BCUT2D eigenvalue weighted by atomic mass is 10.0. The van der Waals surface area contributed by atoms with E-state index in [4.69, 9.17) is 9.15 Å². The van der Waals surface area contributed by atoms with Crippen LogP contribution in [0.5, 0.6) is 0 Å². The van der Waals surface area contributed by atoms with Gasteiger partial charge in [0, 0.05) is 37.6 Å². The van der Waals surface area contributed by atoms with Crippen molar-refractivity contribution in [2.24, 2.45) is 4.99 Å². The molecule has 1 saturated heterocycles. The zero-order chi connectivity index (χ0) is 17.7. The van der Waals surface area contributed by atoms with Crippen molar-refractivity contribution in [3.8, 4) is 0 Å². The number of morpholine rings is 1. The Morgan fingerprint density at radius 3 is 2.68 bits per heavy atom. The van der Waals surface area contributed by atoms with Gasteiger partial charge in [0.15, 0.2) is 5.96 Å². The second-order valence-corrected chi connectivity index (χ2v) is 6.94. The van der Waals surface area contributed by atoms with Gasteiger partial charge in [-0.1, -0.05) is 18.2 Å². The van der Waals surface area contributed by atoms with Crippen LogP contribution in [0.25, 0.3) is 11.0 Å². The molecule has 1 aliphatic rings. The number of benzene rings is 1. The van der Waals surface area contributed by atoms with Crippen LogP contribution in [0, 0.1) is 0 Å². The summed E-state index contributed by atoms with van der Waals surface area (Å²) in [5.74, 6) is 1.68. The van der Waals surface area contributed by atoms with Crippen LogP contribution in [0.1, 0.15) is 19.6 Å². The van der Waals surface area contributed by atoms with E-state index in [1.54, 1.807) is 7.05 Å². The minimum atomic E-state index is 0.0424. The number of furan rings is 1. The van der Waals surface area contributed by atoms with E-state index in [9.17, 15) is 0 Å². The molecule has 6 nitrogen and oxygen atoms in total. The van der Waals surface area contributed by atoms with Gasteiger partial charge in [0.05, 0.1) is 19.8 Å². The van der Waals surface area contributed by atoms with Gasteiger partial charge in [-0.3, -0.25) is 9.89 Å². The third-order valence-electron chi connectivity index (χ3n) is 4.69. The zero-order valence-corrected chi connectivity index (χ0v) is 15.3. The molecule has 6 heteroatoms. The first-order chi connectivity index (χ1) is 12.1. The maximum Gasteiger partial charge on any atom is 0.191 e. The average molecular weight is 344 g/mol. The molecule has 0 amide bonds. The molecule has 1 aliphatic heterocycles. The first-order valence-corrected chi connectivity index (χ1v) is 8.83. The van der Waals surface area contributed by atoms with Gasteiger partial charge in [-0.2, -0.15) is 0 Å². The monoisotopic (exact) mass is 344 g/mol. The van der Waals surface area contributed by atoms with E-state index in [-0.39, 0.29) is 5.54 Å². The first kappa shape index (κ1) is 17.8. The van der Waals surface area contributed by atoms with E-state index >= 15 is 0 Å². The third kappa shape index (κ3) is 4.52. The SMILES string of the molecule is CN=C(NCc1cc2ccccc2o1)NCC(C)(C)N1CCOCC1. The number of hydrogen-bond donors (Lipinski definition) is 2. The molecular formula is C19H28N4O2. The third-order valence-corrected chi connectivity index (χ3v) is 4.69. The second kappa shape index (κ2) is 7.89. The van der Waals surface area contributed by atoms with Gasteiger partial charge in [0.2, 0.25) is 0 Å². The Bertz CT molecular complexity index is 684. The summed E-state index contributed by atoms with van der Waals surface area (Å²) >= 11 is 0. The molecule has 3 rings (SSSR count). The Morgan fingerprint density at radius 1 is 1.20 bits per heavy atom. The van der Waals surface area contributed by atoms with Gasteiger partial charge in [-0.05, 0) is 26.0 Å². The molecule has 1 fully saturated rings. The number of hydrogen-bond acceptors (Lipinski definition) is 4. The Morgan fingerprint density at radius 2 is 1.96 bits per heavy atom. The summed E-state index contributed by atoms with van der Waals surface area (Å²) < 4.78 is 11.3. The molecule has 2 aromatic rings. The van der Waals surface area contributed by atoms with E-state index in [2.05, 4.69) is 46.5 Å². The molecule has 0 radical (unpaired) electrons. The molecule has 2 heterocycles. The van der Waals surface area contributed by atoms with Crippen LogP contribution in [0.15, 0.2) is 39.7 Å². The van der Waals surface area contributed by atoms with Crippen molar-refractivity contribution in [2.45, 2.75) is 25.9 Å². The molecule has 0 unspecified atom stereocenters. The van der Waals surface area contributed by atoms with Crippen LogP contribution in [0.2, 0.25) is 0 Å². The number of fused-ring (bicyclic) bond motifs is 1. The van der Waals surface area contributed by atoms with Crippen LogP contribution in [-0.4, -0.2) is 56.3 Å². The van der Waals surface area contributed by atoms with Crippen molar-refractivity contribution in [2.75, 3.05) is 39.9 Å². The number of nitrogens with zero attached hydrogens (tertiary/aromatic N) is 2. The molecule has 2 N–H and O–H groups in total. The minimum absolute atomic E-state index is 0.0424. The van der Waals surface area contributed by atoms with Crippen LogP contribution in [0.4, 0.5) is 0 Å².